The van der Waals surface area contributed by atoms with Crippen LogP contribution in [0.3, 0.4) is 0 Å². The molecular formula is C16H14ClFOS. The van der Waals surface area contributed by atoms with Crippen LogP contribution in [0, 0.1) is 12.7 Å². The summed E-state index contributed by atoms with van der Waals surface area (Å²) in [5, 5.41) is 0.445. The summed E-state index contributed by atoms with van der Waals surface area (Å²) in [5.74, 6) is -0.0698. The van der Waals surface area contributed by atoms with Gasteiger partial charge in [0.1, 0.15) is 11.6 Å². The third-order valence-corrected chi connectivity index (χ3v) is 4.35. The zero-order chi connectivity index (χ0) is 14.5. The highest BCUT2D eigenvalue weighted by molar-refractivity contribution is 8.00. The van der Waals surface area contributed by atoms with Gasteiger partial charge < -0.3 is 0 Å². The number of rotatable bonds is 5. The first-order valence-corrected chi connectivity index (χ1v) is 7.56. The highest BCUT2D eigenvalue weighted by atomic mass is 35.5. The Hall–Kier alpha value is -1.32. The molecule has 0 heterocycles. The van der Waals surface area contributed by atoms with Gasteiger partial charge in [-0.25, -0.2) is 4.39 Å². The van der Waals surface area contributed by atoms with Gasteiger partial charge in [0.05, 0.1) is 5.75 Å². The lowest BCUT2D eigenvalue weighted by atomic mass is 10.1. The van der Waals surface area contributed by atoms with Crippen molar-refractivity contribution in [2.75, 3.05) is 5.75 Å². The average molecular weight is 309 g/mol. The Bertz CT molecular complexity index is 628. The van der Waals surface area contributed by atoms with Crippen molar-refractivity contribution in [3.63, 3.8) is 0 Å². The Morgan fingerprint density at radius 2 is 2.00 bits per heavy atom. The maximum atomic E-state index is 13.5. The standard InChI is InChI=1S/C16H14ClFOS/c1-11-4-2-3-5-16(11)20-10-14(19)9-12-8-13(17)6-7-15(12)18/h2-8H,9-10H2,1H3. The number of benzene rings is 2. The Kier molecular flexibility index (Phi) is 5.21. The van der Waals surface area contributed by atoms with E-state index in [0.717, 1.165) is 10.5 Å². The molecule has 0 saturated carbocycles. The Morgan fingerprint density at radius 1 is 1.25 bits per heavy atom. The monoisotopic (exact) mass is 308 g/mol. The van der Waals surface area contributed by atoms with Gasteiger partial charge >= 0.3 is 0 Å². The van der Waals surface area contributed by atoms with Crippen LogP contribution in [0.2, 0.25) is 5.02 Å². The number of thioether (sulfide) groups is 1. The van der Waals surface area contributed by atoms with Crippen LogP contribution in [0.1, 0.15) is 11.1 Å². The molecule has 0 N–H and O–H groups in total. The number of carbonyl (C=O) groups excluding carboxylic acids is 1. The Morgan fingerprint density at radius 3 is 2.75 bits per heavy atom. The summed E-state index contributed by atoms with van der Waals surface area (Å²) in [7, 11) is 0. The van der Waals surface area contributed by atoms with Gasteiger partial charge in [-0.1, -0.05) is 29.8 Å². The van der Waals surface area contributed by atoms with Gasteiger partial charge in [0.25, 0.3) is 0 Å². The van der Waals surface area contributed by atoms with E-state index in [-0.39, 0.29) is 18.0 Å². The molecule has 0 fully saturated rings. The molecule has 0 aliphatic rings. The molecule has 0 aliphatic carbocycles. The summed E-state index contributed by atoms with van der Waals surface area (Å²) in [6.07, 6.45) is 0.0747. The van der Waals surface area contributed by atoms with Crippen molar-refractivity contribution in [1.29, 1.82) is 0 Å². The molecule has 0 saturated heterocycles. The summed E-state index contributed by atoms with van der Waals surface area (Å²) in [4.78, 5) is 13.0. The predicted molar refractivity (Wildman–Crippen MR) is 82.0 cm³/mol. The SMILES string of the molecule is Cc1ccccc1SCC(=O)Cc1cc(Cl)ccc1F. The van der Waals surface area contributed by atoms with Crippen molar-refractivity contribution in [2.24, 2.45) is 0 Å². The summed E-state index contributed by atoms with van der Waals surface area (Å²) in [6.45, 7) is 2.00. The third-order valence-electron chi connectivity index (χ3n) is 2.88. The Labute approximate surface area is 127 Å². The van der Waals surface area contributed by atoms with Crippen LogP contribution in [0.5, 0.6) is 0 Å². The quantitative estimate of drug-likeness (QED) is 0.745. The van der Waals surface area contributed by atoms with Gasteiger partial charge in [0.2, 0.25) is 0 Å². The number of Topliss-reactive ketones (excluding diaryl/α,β-unsaturated/α-hetero) is 1. The van der Waals surface area contributed by atoms with E-state index in [1.54, 1.807) is 0 Å². The van der Waals surface area contributed by atoms with E-state index in [9.17, 15) is 9.18 Å². The minimum Gasteiger partial charge on any atom is -0.298 e. The lowest BCUT2D eigenvalue weighted by Gasteiger charge is -2.06. The van der Waals surface area contributed by atoms with Crippen molar-refractivity contribution >= 4 is 29.1 Å². The number of hydrogen-bond donors (Lipinski definition) is 0. The summed E-state index contributed by atoms with van der Waals surface area (Å²) in [5.41, 5.74) is 1.49. The molecular weight excluding hydrogens is 295 g/mol. The number of aryl methyl sites for hydroxylation is 1. The van der Waals surface area contributed by atoms with Crippen LogP contribution < -0.4 is 0 Å². The number of carbonyl (C=O) groups is 1. The summed E-state index contributed by atoms with van der Waals surface area (Å²) >= 11 is 7.29. The second-order valence-electron chi connectivity index (χ2n) is 4.51. The van der Waals surface area contributed by atoms with Crippen LogP contribution in [0.4, 0.5) is 4.39 Å². The highest BCUT2D eigenvalue weighted by Gasteiger charge is 2.10. The lowest BCUT2D eigenvalue weighted by molar-refractivity contribution is -0.116. The first kappa shape index (κ1) is 15.1. The van der Waals surface area contributed by atoms with Gasteiger partial charge in [-0.05, 0) is 42.3 Å². The van der Waals surface area contributed by atoms with Crippen LogP contribution >= 0.6 is 23.4 Å². The van der Waals surface area contributed by atoms with E-state index in [1.165, 1.54) is 30.0 Å². The van der Waals surface area contributed by atoms with Gasteiger partial charge in [-0.15, -0.1) is 11.8 Å². The molecule has 4 heteroatoms. The first-order chi connectivity index (χ1) is 9.56. The topological polar surface area (TPSA) is 17.1 Å². The maximum absolute atomic E-state index is 13.5. The largest absolute Gasteiger partial charge is 0.298 e. The molecule has 0 aromatic heterocycles. The molecule has 104 valence electrons. The van der Waals surface area contributed by atoms with E-state index in [0.29, 0.717) is 16.3 Å². The second-order valence-corrected chi connectivity index (χ2v) is 5.96. The molecule has 2 rings (SSSR count). The van der Waals surface area contributed by atoms with E-state index < -0.39 is 0 Å². The van der Waals surface area contributed by atoms with Gasteiger partial charge in [-0.3, -0.25) is 4.79 Å². The minimum absolute atomic E-state index is 0.0144. The van der Waals surface area contributed by atoms with Crippen LogP contribution in [0.15, 0.2) is 47.4 Å². The molecule has 0 bridgehead atoms. The molecule has 20 heavy (non-hydrogen) atoms. The zero-order valence-electron chi connectivity index (χ0n) is 11.0. The number of hydrogen-bond acceptors (Lipinski definition) is 2. The molecule has 0 atom stereocenters. The number of ketones is 1. The first-order valence-electron chi connectivity index (χ1n) is 6.20. The molecule has 0 unspecified atom stereocenters. The average Bonchev–Trinajstić information content (AvgIpc) is 2.42. The van der Waals surface area contributed by atoms with Crippen molar-refractivity contribution in [1.82, 2.24) is 0 Å². The van der Waals surface area contributed by atoms with E-state index in [2.05, 4.69) is 0 Å². The van der Waals surface area contributed by atoms with Gasteiger partial charge in [-0.2, -0.15) is 0 Å². The van der Waals surface area contributed by atoms with E-state index in [1.807, 2.05) is 31.2 Å². The molecule has 0 aliphatic heterocycles. The lowest BCUT2D eigenvalue weighted by Crippen LogP contribution is -2.07. The zero-order valence-corrected chi connectivity index (χ0v) is 12.6. The van der Waals surface area contributed by atoms with Crippen molar-refractivity contribution in [2.45, 2.75) is 18.2 Å². The fraction of sp³-hybridized carbons (Fsp3) is 0.188. The minimum atomic E-state index is -0.386. The smallest absolute Gasteiger partial charge is 0.147 e. The van der Waals surface area contributed by atoms with Crippen molar-refractivity contribution < 1.29 is 9.18 Å². The van der Waals surface area contributed by atoms with Crippen molar-refractivity contribution in [3.8, 4) is 0 Å². The van der Waals surface area contributed by atoms with Crippen molar-refractivity contribution in [3.05, 3.63) is 64.4 Å². The summed E-state index contributed by atoms with van der Waals surface area (Å²) in [6, 6.07) is 12.2. The maximum Gasteiger partial charge on any atom is 0.147 e. The molecule has 0 spiro atoms. The number of halogens is 2. The van der Waals surface area contributed by atoms with E-state index >= 15 is 0 Å². The van der Waals surface area contributed by atoms with Crippen LogP contribution in [-0.2, 0) is 11.2 Å². The third kappa shape index (κ3) is 4.09. The predicted octanol–water partition coefficient (Wildman–Crippen LogP) is 4.69. The molecule has 0 radical (unpaired) electrons. The summed E-state index contributed by atoms with van der Waals surface area (Å²) < 4.78 is 13.5. The van der Waals surface area contributed by atoms with Crippen LogP contribution in [0.25, 0.3) is 0 Å². The second kappa shape index (κ2) is 6.91. The normalized spacial score (nSPS) is 10.6. The van der Waals surface area contributed by atoms with E-state index in [4.69, 9.17) is 11.6 Å². The van der Waals surface area contributed by atoms with Gasteiger partial charge in [0.15, 0.2) is 0 Å². The fourth-order valence-corrected chi connectivity index (χ4v) is 2.90. The molecule has 1 nitrogen and oxygen atoms in total. The molecule has 2 aromatic rings. The molecule has 2 aromatic carbocycles. The highest BCUT2D eigenvalue weighted by Crippen LogP contribution is 2.22. The van der Waals surface area contributed by atoms with Crippen LogP contribution in [-0.4, -0.2) is 11.5 Å². The fourth-order valence-electron chi connectivity index (χ4n) is 1.82. The Balaban J connectivity index is 1.96. The molecule has 0 amide bonds. The van der Waals surface area contributed by atoms with Gasteiger partial charge in [0, 0.05) is 16.3 Å².